The summed E-state index contributed by atoms with van der Waals surface area (Å²) in [5, 5.41) is 9.52. The van der Waals surface area contributed by atoms with Gasteiger partial charge in [-0.3, -0.25) is 0 Å². The Morgan fingerprint density at radius 2 is 2.00 bits per heavy atom. The molecule has 0 amide bonds. The van der Waals surface area contributed by atoms with Crippen molar-refractivity contribution in [3.05, 3.63) is 48.2 Å². The number of pyridine rings is 1. The maximum Gasteiger partial charge on any atom is 0.281 e. The molecule has 3 rings (SSSR count). The van der Waals surface area contributed by atoms with Crippen molar-refractivity contribution in [2.45, 2.75) is 6.61 Å². The average Bonchev–Trinajstić information content (AvgIpc) is 2.82. The van der Waals surface area contributed by atoms with Crippen molar-refractivity contribution in [3.63, 3.8) is 0 Å². The quantitative estimate of drug-likeness (QED) is 0.784. The largest absolute Gasteiger partial charge is 0.431 e. The fourth-order valence-corrected chi connectivity index (χ4v) is 2.35. The number of rotatable bonds is 3. The lowest BCUT2D eigenvalue weighted by atomic mass is 10.2. The molecule has 0 aliphatic rings. The van der Waals surface area contributed by atoms with E-state index < -0.39 is 0 Å². The van der Waals surface area contributed by atoms with Gasteiger partial charge >= 0.3 is 0 Å². The van der Waals surface area contributed by atoms with Gasteiger partial charge in [-0.15, -0.1) is 0 Å². The molecular weight excluding hydrogens is 248 g/mol. The smallest absolute Gasteiger partial charge is 0.281 e. The van der Waals surface area contributed by atoms with Gasteiger partial charge in [0.05, 0.1) is 11.3 Å². The number of hydrogen-bond donors (Lipinski definition) is 1. The number of fused-ring (bicyclic) bond motifs is 1. The van der Waals surface area contributed by atoms with Crippen LogP contribution in [0.25, 0.3) is 10.3 Å². The molecule has 0 radical (unpaired) electrons. The van der Waals surface area contributed by atoms with E-state index >= 15 is 0 Å². The van der Waals surface area contributed by atoms with Crippen molar-refractivity contribution < 1.29 is 9.84 Å². The van der Waals surface area contributed by atoms with Gasteiger partial charge < -0.3 is 9.84 Å². The van der Waals surface area contributed by atoms with Crippen molar-refractivity contribution in [1.82, 2.24) is 9.97 Å². The van der Waals surface area contributed by atoms with E-state index in [1.165, 1.54) is 11.3 Å². The van der Waals surface area contributed by atoms with Gasteiger partial charge in [0.2, 0.25) is 0 Å². The minimum absolute atomic E-state index is 0.0331. The summed E-state index contributed by atoms with van der Waals surface area (Å²) >= 11 is 1.46. The first-order valence-corrected chi connectivity index (χ1v) is 6.26. The van der Waals surface area contributed by atoms with E-state index in [0.29, 0.717) is 16.6 Å². The second kappa shape index (κ2) is 4.72. The zero-order valence-corrected chi connectivity index (χ0v) is 10.2. The van der Waals surface area contributed by atoms with Crippen LogP contribution in [0.3, 0.4) is 0 Å². The number of aromatic nitrogens is 2. The third kappa shape index (κ3) is 2.18. The molecule has 4 nitrogen and oxygen atoms in total. The lowest BCUT2D eigenvalue weighted by Gasteiger charge is -2.01. The zero-order valence-electron chi connectivity index (χ0n) is 9.41. The molecule has 1 N–H and O–H groups in total. The highest BCUT2D eigenvalue weighted by Gasteiger charge is 2.06. The normalized spacial score (nSPS) is 10.7. The lowest BCUT2D eigenvalue weighted by molar-refractivity contribution is 0.281. The van der Waals surface area contributed by atoms with Crippen molar-refractivity contribution in [2.24, 2.45) is 0 Å². The Bertz CT molecular complexity index is 631. The van der Waals surface area contributed by atoms with Gasteiger partial charge in [-0.2, -0.15) is 4.98 Å². The maximum atomic E-state index is 8.95. The van der Waals surface area contributed by atoms with Gasteiger partial charge in [0.1, 0.15) is 5.75 Å². The van der Waals surface area contributed by atoms with Crippen molar-refractivity contribution in [3.8, 4) is 10.9 Å². The molecule has 0 aliphatic heterocycles. The molecule has 90 valence electrons. The molecule has 0 spiro atoms. The van der Waals surface area contributed by atoms with Crippen LogP contribution in [0, 0.1) is 0 Å². The molecule has 18 heavy (non-hydrogen) atoms. The second-order valence-electron chi connectivity index (χ2n) is 3.71. The summed E-state index contributed by atoms with van der Waals surface area (Å²) < 4.78 is 6.65. The van der Waals surface area contributed by atoms with Crippen molar-refractivity contribution in [2.75, 3.05) is 0 Å². The van der Waals surface area contributed by atoms with Crippen LogP contribution in [0.1, 0.15) is 5.56 Å². The Kier molecular flexibility index (Phi) is 2.92. The van der Waals surface area contributed by atoms with E-state index in [2.05, 4.69) is 9.97 Å². The van der Waals surface area contributed by atoms with Crippen LogP contribution in [0.5, 0.6) is 10.9 Å². The van der Waals surface area contributed by atoms with Gasteiger partial charge in [0.25, 0.3) is 5.19 Å². The highest BCUT2D eigenvalue weighted by atomic mass is 32.1. The SMILES string of the molecule is OCc1ccc(Oc2nc3ncccc3s2)cc1. The number of benzene rings is 1. The van der Waals surface area contributed by atoms with Gasteiger partial charge in [0.15, 0.2) is 5.65 Å². The highest BCUT2D eigenvalue weighted by molar-refractivity contribution is 7.20. The van der Waals surface area contributed by atoms with E-state index in [9.17, 15) is 0 Å². The third-order valence-electron chi connectivity index (χ3n) is 2.46. The van der Waals surface area contributed by atoms with E-state index in [1.54, 1.807) is 6.20 Å². The number of aliphatic hydroxyl groups is 1. The van der Waals surface area contributed by atoms with E-state index in [-0.39, 0.29) is 6.61 Å². The Balaban J connectivity index is 1.86. The molecule has 2 heterocycles. The summed E-state index contributed by atoms with van der Waals surface area (Å²) in [5.41, 5.74) is 1.55. The van der Waals surface area contributed by atoms with Gasteiger partial charge in [0, 0.05) is 6.20 Å². The molecule has 5 heteroatoms. The van der Waals surface area contributed by atoms with E-state index in [4.69, 9.17) is 9.84 Å². The number of hydrogen-bond acceptors (Lipinski definition) is 5. The van der Waals surface area contributed by atoms with Crippen LogP contribution >= 0.6 is 11.3 Å². The molecular formula is C13H10N2O2S. The van der Waals surface area contributed by atoms with Crippen LogP contribution < -0.4 is 4.74 Å². The predicted octanol–water partition coefficient (Wildman–Crippen LogP) is 2.98. The molecule has 0 fully saturated rings. The topological polar surface area (TPSA) is 55.2 Å². The molecule has 2 aromatic heterocycles. The Morgan fingerprint density at radius 3 is 2.72 bits per heavy atom. The second-order valence-corrected chi connectivity index (χ2v) is 4.70. The number of aliphatic hydroxyl groups excluding tert-OH is 1. The van der Waals surface area contributed by atoms with Crippen LogP contribution in [0.4, 0.5) is 0 Å². The number of ether oxygens (including phenoxy) is 1. The Labute approximate surface area is 108 Å². The van der Waals surface area contributed by atoms with Gasteiger partial charge in [-0.1, -0.05) is 23.5 Å². The van der Waals surface area contributed by atoms with Crippen LogP contribution in [0.2, 0.25) is 0 Å². The summed E-state index contributed by atoms with van der Waals surface area (Å²) in [5.74, 6) is 0.700. The number of thiazole rings is 1. The van der Waals surface area contributed by atoms with Crippen LogP contribution in [0.15, 0.2) is 42.6 Å². The molecule has 1 aromatic carbocycles. The molecule has 0 aliphatic carbocycles. The van der Waals surface area contributed by atoms with Crippen LogP contribution in [-0.2, 0) is 6.61 Å². The average molecular weight is 258 g/mol. The molecule has 0 saturated heterocycles. The molecule has 0 bridgehead atoms. The minimum atomic E-state index is 0.0331. The van der Waals surface area contributed by atoms with E-state index in [1.807, 2.05) is 36.4 Å². The summed E-state index contributed by atoms with van der Waals surface area (Å²) in [6.45, 7) is 0.0331. The molecule has 0 atom stereocenters. The van der Waals surface area contributed by atoms with Crippen molar-refractivity contribution >= 4 is 21.7 Å². The lowest BCUT2D eigenvalue weighted by Crippen LogP contribution is -1.85. The first kappa shape index (κ1) is 11.1. The van der Waals surface area contributed by atoms with E-state index in [0.717, 1.165) is 10.3 Å². The Morgan fingerprint density at radius 1 is 1.17 bits per heavy atom. The first-order valence-electron chi connectivity index (χ1n) is 5.44. The minimum Gasteiger partial charge on any atom is -0.431 e. The summed E-state index contributed by atoms with van der Waals surface area (Å²) in [6.07, 6.45) is 1.71. The fraction of sp³-hybridized carbons (Fsp3) is 0.0769. The van der Waals surface area contributed by atoms with Gasteiger partial charge in [-0.05, 0) is 29.8 Å². The number of nitrogens with zero attached hydrogens (tertiary/aromatic N) is 2. The standard InChI is InChI=1S/C13H10N2O2S/c16-8-9-3-5-10(6-4-9)17-13-15-12-11(18-13)2-1-7-14-12/h1-7,16H,8H2. The monoisotopic (exact) mass is 258 g/mol. The van der Waals surface area contributed by atoms with Crippen LogP contribution in [-0.4, -0.2) is 15.1 Å². The fourth-order valence-electron chi connectivity index (χ4n) is 1.56. The first-order chi connectivity index (χ1) is 8.85. The molecule has 0 unspecified atom stereocenters. The summed E-state index contributed by atoms with van der Waals surface area (Å²) in [7, 11) is 0. The molecule has 0 saturated carbocycles. The summed E-state index contributed by atoms with van der Waals surface area (Å²) in [4.78, 5) is 8.44. The highest BCUT2D eigenvalue weighted by Crippen LogP contribution is 2.30. The zero-order chi connectivity index (χ0) is 12.4. The summed E-state index contributed by atoms with van der Waals surface area (Å²) in [6, 6.07) is 11.1. The predicted molar refractivity (Wildman–Crippen MR) is 69.9 cm³/mol. The maximum absolute atomic E-state index is 8.95. The Hall–Kier alpha value is -1.98. The third-order valence-corrected chi connectivity index (χ3v) is 3.34. The van der Waals surface area contributed by atoms with Gasteiger partial charge in [-0.25, -0.2) is 4.98 Å². The van der Waals surface area contributed by atoms with Crippen molar-refractivity contribution in [1.29, 1.82) is 0 Å². The molecule has 3 aromatic rings.